The van der Waals surface area contributed by atoms with Crippen LogP contribution >= 0.6 is 15.9 Å². The van der Waals surface area contributed by atoms with Gasteiger partial charge in [0, 0.05) is 4.47 Å². The Kier molecular flexibility index (Phi) is 3.92. The molecule has 0 saturated heterocycles. The number of halogens is 1. The lowest BCUT2D eigenvalue weighted by Crippen LogP contribution is -2.06. The van der Waals surface area contributed by atoms with Gasteiger partial charge in [-0.15, -0.1) is 5.10 Å². The van der Waals surface area contributed by atoms with Crippen LogP contribution in [-0.2, 0) is 11.3 Å². The minimum atomic E-state index is -0.457. The minimum absolute atomic E-state index is 0.238. The van der Waals surface area contributed by atoms with Gasteiger partial charge in [0.05, 0.1) is 30.6 Å². The smallest absolute Gasteiger partial charge is 0.358 e. The SMILES string of the molecule is CCOC(=O)c1cn2nc(Cn3nnc4ccc(Br)cc43)ccc2n1. The number of hydrogen-bond acceptors (Lipinski definition) is 6. The number of benzene rings is 1. The fourth-order valence-corrected chi connectivity index (χ4v) is 2.87. The summed E-state index contributed by atoms with van der Waals surface area (Å²) in [6.07, 6.45) is 1.56. The van der Waals surface area contributed by atoms with Crippen molar-refractivity contribution in [2.75, 3.05) is 6.61 Å². The Balaban J connectivity index is 1.67. The first kappa shape index (κ1) is 15.7. The average Bonchev–Trinajstić information content (AvgIpc) is 3.19. The van der Waals surface area contributed by atoms with Crippen LogP contribution in [0.2, 0.25) is 0 Å². The van der Waals surface area contributed by atoms with Crippen LogP contribution in [0.4, 0.5) is 0 Å². The molecule has 0 atom stereocenters. The van der Waals surface area contributed by atoms with Gasteiger partial charge in [0.1, 0.15) is 5.52 Å². The summed E-state index contributed by atoms with van der Waals surface area (Å²) in [5.41, 5.74) is 3.32. The molecule has 3 aromatic heterocycles. The highest BCUT2D eigenvalue weighted by Gasteiger charge is 2.13. The molecule has 1 aromatic carbocycles. The Morgan fingerprint density at radius 2 is 2.16 bits per heavy atom. The summed E-state index contributed by atoms with van der Waals surface area (Å²) in [5, 5.41) is 12.8. The molecule has 4 aromatic rings. The number of nitrogens with zero attached hydrogens (tertiary/aromatic N) is 6. The summed E-state index contributed by atoms with van der Waals surface area (Å²) in [6.45, 7) is 2.51. The number of imidazole rings is 1. The minimum Gasteiger partial charge on any atom is -0.461 e. The van der Waals surface area contributed by atoms with Crippen molar-refractivity contribution in [3.8, 4) is 0 Å². The Hall–Kier alpha value is -2.81. The monoisotopic (exact) mass is 400 g/mol. The number of carbonyl (C=O) groups is 1. The number of hydrogen-bond donors (Lipinski definition) is 0. The normalized spacial score (nSPS) is 11.3. The maximum Gasteiger partial charge on any atom is 0.358 e. The zero-order chi connectivity index (χ0) is 17.4. The van der Waals surface area contributed by atoms with Crippen molar-refractivity contribution in [2.24, 2.45) is 0 Å². The summed E-state index contributed by atoms with van der Waals surface area (Å²) >= 11 is 3.46. The number of carbonyl (C=O) groups excluding carboxylic acids is 1. The first-order valence-electron chi connectivity index (χ1n) is 7.65. The van der Waals surface area contributed by atoms with E-state index in [9.17, 15) is 4.79 Å². The maximum atomic E-state index is 11.8. The van der Waals surface area contributed by atoms with Gasteiger partial charge in [0.25, 0.3) is 0 Å². The second-order valence-corrected chi connectivity index (χ2v) is 6.27. The van der Waals surface area contributed by atoms with Gasteiger partial charge in [-0.05, 0) is 37.3 Å². The molecular weight excluding hydrogens is 388 g/mol. The molecule has 0 radical (unpaired) electrons. The van der Waals surface area contributed by atoms with E-state index < -0.39 is 5.97 Å². The molecule has 9 heteroatoms. The second kappa shape index (κ2) is 6.25. The van der Waals surface area contributed by atoms with Crippen molar-refractivity contribution in [1.29, 1.82) is 0 Å². The molecule has 0 aliphatic heterocycles. The van der Waals surface area contributed by atoms with E-state index in [0.29, 0.717) is 18.8 Å². The van der Waals surface area contributed by atoms with Gasteiger partial charge in [-0.1, -0.05) is 21.1 Å². The predicted octanol–water partition coefficient (Wildman–Crippen LogP) is 2.46. The van der Waals surface area contributed by atoms with Crippen LogP contribution in [0.3, 0.4) is 0 Å². The number of ether oxygens (including phenoxy) is 1. The third-order valence-corrected chi connectivity index (χ3v) is 4.14. The summed E-state index contributed by atoms with van der Waals surface area (Å²) in [5.74, 6) is -0.457. The molecule has 0 aliphatic rings. The van der Waals surface area contributed by atoms with Gasteiger partial charge in [0.15, 0.2) is 11.3 Å². The van der Waals surface area contributed by atoms with E-state index in [4.69, 9.17) is 4.74 Å². The van der Waals surface area contributed by atoms with E-state index in [1.165, 1.54) is 0 Å². The molecule has 4 rings (SSSR count). The quantitative estimate of drug-likeness (QED) is 0.489. The van der Waals surface area contributed by atoms with Crippen molar-refractivity contribution in [2.45, 2.75) is 13.5 Å². The Morgan fingerprint density at radius 1 is 1.28 bits per heavy atom. The highest BCUT2D eigenvalue weighted by atomic mass is 79.9. The zero-order valence-corrected chi connectivity index (χ0v) is 14.8. The lowest BCUT2D eigenvalue weighted by atomic mass is 10.3. The van der Waals surface area contributed by atoms with E-state index in [2.05, 4.69) is 36.3 Å². The van der Waals surface area contributed by atoms with E-state index >= 15 is 0 Å². The van der Waals surface area contributed by atoms with Crippen molar-refractivity contribution < 1.29 is 9.53 Å². The van der Waals surface area contributed by atoms with Crippen LogP contribution in [0.1, 0.15) is 23.1 Å². The van der Waals surface area contributed by atoms with Crippen LogP contribution in [0.25, 0.3) is 16.7 Å². The first-order chi connectivity index (χ1) is 12.1. The van der Waals surface area contributed by atoms with Crippen molar-refractivity contribution in [3.05, 3.63) is 52.4 Å². The summed E-state index contributed by atoms with van der Waals surface area (Å²) < 4.78 is 9.26. The van der Waals surface area contributed by atoms with E-state index in [1.54, 1.807) is 28.4 Å². The molecule has 25 heavy (non-hydrogen) atoms. The predicted molar refractivity (Wildman–Crippen MR) is 93.3 cm³/mol. The zero-order valence-electron chi connectivity index (χ0n) is 13.3. The highest BCUT2D eigenvalue weighted by molar-refractivity contribution is 9.10. The second-order valence-electron chi connectivity index (χ2n) is 5.35. The fourth-order valence-electron chi connectivity index (χ4n) is 2.52. The number of rotatable bonds is 4. The van der Waals surface area contributed by atoms with Crippen LogP contribution in [0.15, 0.2) is 41.0 Å². The van der Waals surface area contributed by atoms with E-state index in [0.717, 1.165) is 21.2 Å². The van der Waals surface area contributed by atoms with Crippen molar-refractivity contribution >= 4 is 38.6 Å². The molecule has 0 bridgehead atoms. The van der Waals surface area contributed by atoms with E-state index in [-0.39, 0.29) is 5.69 Å². The molecule has 0 amide bonds. The van der Waals surface area contributed by atoms with Crippen LogP contribution < -0.4 is 0 Å². The Labute approximate surface area is 150 Å². The largest absolute Gasteiger partial charge is 0.461 e. The number of aromatic nitrogens is 6. The van der Waals surface area contributed by atoms with Gasteiger partial charge in [-0.25, -0.2) is 19.0 Å². The van der Waals surface area contributed by atoms with Gasteiger partial charge in [-0.3, -0.25) is 0 Å². The number of esters is 1. The lowest BCUT2D eigenvalue weighted by Gasteiger charge is -2.03. The molecule has 126 valence electrons. The summed E-state index contributed by atoms with van der Waals surface area (Å²) in [7, 11) is 0. The Morgan fingerprint density at radius 3 is 3.00 bits per heavy atom. The number of fused-ring (bicyclic) bond motifs is 2. The first-order valence-corrected chi connectivity index (χ1v) is 8.44. The third kappa shape index (κ3) is 2.98. The Bertz CT molecular complexity index is 1090. The molecule has 0 spiro atoms. The average molecular weight is 401 g/mol. The molecular formula is C16H13BrN6O2. The van der Waals surface area contributed by atoms with Crippen LogP contribution in [0, 0.1) is 0 Å². The lowest BCUT2D eigenvalue weighted by molar-refractivity contribution is 0.0520. The summed E-state index contributed by atoms with van der Waals surface area (Å²) in [6, 6.07) is 9.45. The summed E-state index contributed by atoms with van der Waals surface area (Å²) in [4.78, 5) is 16.0. The van der Waals surface area contributed by atoms with Gasteiger partial charge in [0.2, 0.25) is 0 Å². The molecule has 0 unspecified atom stereocenters. The molecule has 0 aliphatic carbocycles. The van der Waals surface area contributed by atoms with Crippen molar-refractivity contribution in [1.82, 2.24) is 29.6 Å². The third-order valence-electron chi connectivity index (χ3n) is 3.65. The fraction of sp³-hybridized carbons (Fsp3) is 0.188. The molecule has 3 heterocycles. The van der Waals surface area contributed by atoms with Crippen LogP contribution in [0.5, 0.6) is 0 Å². The van der Waals surface area contributed by atoms with Gasteiger partial charge < -0.3 is 4.74 Å². The van der Waals surface area contributed by atoms with Crippen molar-refractivity contribution in [3.63, 3.8) is 0 Å². The van der Waals surface area contributed by atoms with Gasteiger partial charge >= 0.3 is 5.97 Å². The molecule has 8 nitrogen and oxygen atoms in total. The maximum absolute atomic E-state index is 11.8. The van der Waals surface area contributed by atoms with E-state index in [1.807, 2.05) is 24.3 Å². The molecule has 0 saturated carbocycles. The highest BCUT2D eigenvalue weighted by Crippen LogP contribution is 2.18. The molecule has 0 fully saturated rings. The standard InChI is InChI=1S/C16H13BrN6O2/c1-2-25-16(24)13-9-23-15(18-13)6-4-11(20-23)8-22-14-7-10(17)3-5-12(14)19-21-22/h3-7,9H,2,8H2,1H3. The topological polar surface area (TPSA) is 87.2 Å². The van der Waals surface area contributed by atoms with Crippen LogP contribution in [-0.4, -0.2) is 42.2 Å². The van der Waals surface area contributed by atoms with Gasteiger partial charge in [-0.2, -0.15) is 5.10 Å². The molecule has 0 N–H and O–H groups in total.